The Bertz CT molecular complexity index is 2260. The van der Waals surface area contributed by atoms with Crippen molar-refractivity contribution >= 4 is 63.7 Å². The molecule has 2 aromatic carbocycles. The predicted molar refractivity (Wildman–Crippen MR) is 220 cm³/mol. The molecule has 4 atom stereocenters. The van der Waals surface area contributed by atoms with Crippen LogP contribution >= 0.6 is 12.2 Å². The molecule has 4 aliphatic heterocycles. The minimum atomic E-state index is -4.84. The van der Waals surface area contributed by atoms with Crippen LogP contribution in [0.5, 0.6) is 5.75 Å². The average molecular weight is 843 g/mol. The molecule has 1 saturated carbocycles. The SMILES string of the molecule is CCc1cc(N2C(=S)N(c3cnc(C#N)c(C(F)(F)F)c3)C(=O)C23CCC3)ccc1OCC[C@@H]1C[C@H]2CC[C@@H](C1)N2CC(=O)Nc1cccc(NC2CCC(=O)NC2=O)c1. The number of halogens is 3. The zero-order valence-electron chi connectivity index (χ0n) is 33.0. The summed E-state index contributed by atoms with van der Waals surface area (Å²) in [5, 5.41) is 17.8. The summed E-state index contributed by atoms with van der Waals surface area (Å²) in [5.41, 5.74) is -0.279. The standard InChI is InChI=1S/C43H45F3N8O5S/c1-2-26-19-31(54-41(60)53(40(58)42(54)14-4-15-42)32-21-33(43(44,45)46)35(22-47)48-23-32)9-11-36(26)59-16-13-25-17-29-7-8-30(18-25)52(29)24-38(56)50-28-6-3-5-27(20-28)49-34-10-12-37(55)51-39(34)57/h3,5-6,9,11,19-21,23,25,29-30,34,49H,2,4,7-8,10,12-18,24H2,1H3,(H,50,56)(H,51,55,57)/t25-,29-,30+,34?. The second kappa shape index (κ2) is 16.5. The molecule has 2 bridgehead atoms. The second-order valence-corrected chi connectivity index (χ2v) is 16.7. The van der Waals surface area contributed by atoms with Crippen molar-refractivity contribution in [2.45, 2.75) is 107 Å². The van der Waals surface area contributed by atoms with Crippen molar-refractivity contribution in [2.24, 2.45) is 5.92 Å². The summed E-state index contributed by atoms with van der Waals surface area (Å²) in [6, 6.07) is 15.2. The van der Waals surface area contributed by atoms with Crippen molar-refractivity contribution in [3.8, 4) is 11.8 Å². The highest BCUT2D eigenvalue weighted by Crippen LogP contribution is 2.49. The topological polar surface area (TPSA) is 160 Å². The molecule has 13 nitrogen and oxygen atoms in total. The fraction of sp³-hybridized carbons (Fsp3) is 0.465. The summed E-state index contributed by atoms with van der Waals surface area (Å²) < 4.78 is 47.9. The van der Waals surface area contributed by atoms with Gasteiger partial charge in [-0.25, -0.2) is 4.98 Å². The number of fused-ring (bicyclic) bond motifs is 2. The van der Waals surface area contributed by atoms with Crippen molar-refractivity contribution in [2.75, 3.05) is 33.6 Å². The van der Waals surface area contributed by atoms with E-state index in [1.807, 2.05) is 37.3 Å². The Labute approximate surface area is 350 Å². The largest absolute Gasteiger partial charge is 0.493 e. The highest BCUT2D eigenvalue weighted by Gasteiger charge is 2.60. The molecule has 0 radical (unpaired) electrons. The molecule has 3 N–H and O–H groups in total. The van der Waals surface area contributed by atoms with Gasteiger partial charge in [-0.3, -0.25) is 34.3 Å². The average Bonchev–Trinajstić information content (AvgIpc) is 3.57. The summed E-state index contributed by atoms with van der Waals surface area (Å²) >= 11 is 5.80. The summed E-state index contributed by atoms with van der Waals surface area (Å²) in [7, 11) is 0. The maximum absolute atomic E-state index is 14.0. The van der Waals surface area contributed by atoms with E-state index in [9.17, 15) is 37.6 Å². The van der Waals surface area contributed by atoms with E-state index in [-0.39, 0.29) is 34.9 Å². The van der Waals surface area contributed by atoms with Gasteiger partial charge < -0.3 is 20.3 Å². The first kappa shape index (κ1) is 41.1. The number of alkyl halides is 3. The van der Waals surface area contributed by atoms with Gasteiger partial charge in [0.15, 0.2) is 10.8 Å². The van der Waals surface area contributed by atoms with Crippen LogP contribution in [-0.4, -0.2) is 75.4 Å². The fourth-order valence-electron chi connectivity index (χ4n) is 9.51. The van der Waals surface area contributed by atoms with Gasteiger partial charge in [0.25, 0.3) is 5.91 Å². The van der Waals surface area contributed by atoms with Gasteiger partial charge in [-0.15, -0.1) is 0 Å². The van der Waals surface area contributed by atoms with Gasteiger partial charge >= 0.3 is 6.18 Å². The number of aromatic nitrogens is 1. The Morgan fingerprint density at radius 2 is 1.80 bits per heavy atom. The van der Waals surface area contributed by atoms with E-state index in [1.165, 1.54) is 6.07 Å². The van der Waals surface area contributed by atoms with Crippen LogP contribution in [0.4, 0.5) is 35.9 Å². The molecular formula is C43H45F3N8O5S. The number of imide groups is 1. The lowest BCUT2D eigenvalue weighted by Gasteiger charge is -2.43. The Balaban J connectivity index is 0.863. The van der Waals surface area contributed by atoms with E-state index in [4.69, 9.17) is 17.0 Å². The van der Waals surface area contributed by atoms with Crippen molar-refractivity contribution < 1.29 is 37.1 Å². The molecule has 60 heavy (non-hydrogen) atoms. The number of nitrogens with one attached hydrogen (secondary N) is 3. The minimum Gasteiger partial charge on any atom is -0.493 e. The van der Waals surface area contributed by atoms with Gasteiger partial charge in [0.05, 0.1) is 30.6 Å². The van der Waals surface area contributed by atoms with Crippen LogP contribution in [0.1, 0.15) is 88.0 Å². The van der Waals surface area contributed by atoms with E-state index in [2.05, 4.69) is 25.8 Å². The number of nitriles is 1. The minimum absolute atomic E-state index is 0.0574. The molecule has 1 aliphatic carbocycles. The maximum atomic E-state index is 14.0. The van der Waals surface area contributed by atoms with Crippen LogP contribution in [0.25, 0.3) is 0 Å². The summed E-state index contributed by atoms with van der Waals surface area (Å²) in [6.45, 7) is 2.80. The number of piperidine rings is 2. The first-order valence-corrected chi connectivity index (χ1v) is 20.9. The number of thiocarbonyl (C=S) groups is 1. The Kier molecular flexibility index (Phi) is 11.3. The molecule has 5 heterocycles. The number of ether oxygens (including phenoxy) is 1. The van der Waals surface area contributed by atoms with Gasteiger partial charge in [-0.2, -0.15) is 18.4 Å². The van der Waals surface area contributed by atoms with Crippen LogP contribution in [-0.2, 0) is 31.8 Å². The van der Waals surface area contributed by atoms with Gasteiger partial charge in [-0.05, 0) is 130 Å². The van der Waals surface area contributed by atoms with E-state index >= 15 is 0 Å². The van der Waals surface area contributed by atoms with Crippen molar-refractivity contribution in [1.82, 2.24) is 15.2 Å². The molecule has 1 unspecified atom stereocenters. The predicted octanol–water partition coefficient (Wildman–Crippen LogP) is 6.46. The van der Waals surface area contributed by atoms with Gasteiger partial charge in [-0.1, -0.05) is 13.0 Å². The van der Waals surface area contributed by atoms with Crippen LogP contribution in [0, 0.1) is 17.2 Å². The number of carbonyl (C=O) groups is 4. The first-order chi connectivity index (χ1) is 28.8. The number of pyridine rings is 1. The number of aryl methyl sites for hydroxylation is 1. The Morgan fingerprint density at radius 1 is 1.05 bits per heavy atom. The van der Waals surface area contributed by atoms with Crippen LogP contribution in [0.3, 0.4) is 0 Å². The molecule has 5 fully saturated rings. The van der Waals surface area contributed by atoms with E-state index < -0.39 is 34.9 Å². The Hall–Kier alpha value is -5.60. The molecule has 1 aromatic heterocycles. The van der Waals surface area contributed by atoms with E-state index in [0.717, 1.165) is 67.0 Å². The molecule has 3 aromatic rings. The number of carbonyl (C=O) groups excluding carboxylic acids is 4. The quantitative estimate of drug-likeness (QED) is 0.136. The third-order valence-electron chi connectivity index (χ3n) is 12.6. The monoisotopic (exact) mass is 842 g/mol. The van der Waals surface area contributed by atoms with Crippen LogP contribution < -0.4 is 30.5 Å². The van der Waals surface area contributed by atoms with Gasteiger partial charge in [0, 0.05) is 35.6 Å². The second-order valence-electron chi connectivity index (χ2n) is 16.3. The van der Waals surface area contributed by atoms with Crippen LogP contribution in [0.15, 0.2) is 54.7 Å². The maximum Gasteiger partial charge on any atom is 0.419 e. The van der Waals surface area contributed by atoms with Crippen molar-refractivity contribution in [3.05, 3.63) is 71.5 Å². The molecule has 5 aliphatic rings. The van der Waals surface area contributed by atoms with E-state index in [0.29, 0.717) is 73.9 Å². The molecule has 4 saturated heterocycles. The van der Waals surface area contributed by atoms with Gasteiger partial charge in [0.1, 0.15) is 23.4 Å². The Morgan fingerprint density at radius 3 is 2.47 bits per heavy atom. The third kappa shape index (κ3) is 7.90. The van der Waals surface area contributed by atoms with E-state index in [1.54, 1.807) is 17.0 Å². The molecule has 8 rings (SSSR count). The number of anilines is 4. The summed E-state index contributed by atoms with van der Waals surface area (Å²) in [5.74, 6) is 0.0120. The molecule has 17 heteroatoms. The number of hydrogen-bond donors (Lipinski definition) is 3. The lowest BCUT2D eigenvalue weighted by molar-refractivity contribution is -0.138. The normalized spacial score (nSPS) is 23.6. The zero-order chi connectivity index (χ0) is 42.3. The van der Waals surface area contributed by atoms with Crippen molar-refractivity contribution in [1.29, 1.82) is 5.26 Å². The third-order valence-corrected chi connectivity index (χ3v) is 13.0. The van der Waals surface area contributed by atoms with Gasteiger partial charge in [0.2, 0.25) is 17.7 Å². The summed E-state index contributed by atoms with van der Waals surface area (Å²) in [6.07, 6.45) is 4.15. The fourth-order valence-corrected chi connectivity index (χ4v) is 9.98. The number of benzene rings is 2. The highest BCUT2D eigenvalue weighted by atomic mass is 32.1. The lowest BCUT2D eigenvalue weighted by atomic mass is 9.75. The molecule has 1 spiro atoms. The highest BCUT2D eigenvalue weighted by molar-refractivity contribution is 7.81. The summed E-state index contributed by atoms with van der Waals surface area (Å²) in [4.78, 5) is 59.8. The molecule has 314 valence electrons. The number of amides is 4. The van der Waals surface area contributed by atoms with Crippen molar-refractivity contribution in [3.63, 3.8) is 0 Å². The number of nitrogens with zero attached hydrogens (tertiary/aromatic N) is 5. The van der Waals surface area contributed by atoms with Crippen LogP contribution in [0.2, 0.25) is 0 Å². The molecular weight excluding hydrogens is 798 g/mol. The number of rotatable bonds is 12. The lowest BCUT2D eigenvalue weighted by Crippen LogP contribution is -2.55. The smallest absolute Gasteiger partial charge is 0.419 e. The molecule has 4 amide bonds. The zero-order valence-corrected chi connectivity index (χ0v) is 33.8. The first-order valence-electron chi connectivity index (χ1n) is 20.5. The number of hydrogen-bond acceptors (Lipinski definition) is 10.